The number of benzene rings is 2. The van der Waals surface area contributed by atoms with Crippen LogP contribution in [0.3, 0.4) is 0 Å². The van der Waals surface area contributed by atoms with E-state index in [1.165, 1.54) is 29.3 Å². The molecule has 1 N–H and O–H groups in total. The van der Waals surface area contributed by atoms with Crippen molar-refractivity contribution in [1.29, 1.82) is 0 Å². The van der Waals surface area contributed by atoms with E-state index in [-0.39, 0.29) is 28.8 Å². The number of anilines is 2. The fourth-order valence-electron chi connectivity index (χ4n) is 3.09. The first-order valence-electron chi connectivity index (χ1n) is 8.02. The SMILES string of the molecule is Cc1ccc2c(c1)CCCN2CC(=O)Nc1ccc(Cl)cc1[N+](=O)[O-]. The van der Waals surface area contributed by atoms with Gasteiger partial charge in [0.2, 0.25) is 5.91 Å². The summed E-state index contributed by atoms with van der Waals surface area (Å²) in [5.74, 6) is -0.293. The fourth-order valence-corrected chi connectivity index (χ4v) is 3.26. The molecule has 0 aliphatic carbocycles. The zero-order valence-corrected chi connectivity index (χ0v) is 14.5. The molecule has 7 heteroatoms. The second-order valence-corrected chi connectivity index (χ2v) is 6.56. The van der Waals surface area contributed by atoms with Crippen molar-refractivity contribution >= 4 is 34.6 Å². The molecule has 0 atom stereocenters. The number of nitro benzene ring substituents is 1. The first-order valence-corrected chi connectivity index (χ1v) is 8.40. The number of hydrogen-bond acceptors (Lipinski definition) is 4. The van der Waals surface area contributed by atoms with Gasteiger partial charge in [0.25, 0.3) is 5.69 Å². The Balaban J connectivity index is 1.76. The molecular weight excluding hydrogens is 342 g/mol. The predicted molar refractivity (Wildman–Crippen MR) is 98.4 cm³/mol. The van der Waals surface area contributed by atoms with Crippen molar-refractivity contribution in [2.45, 2.75) is 19.8 Å². The summed E-state index contributed by atoms with van der Waals surface area (Å²) in [6.07, 6.45) is 1.97. The molecule has 6 nitrogen and oxygen atoms in total. The Hall–Kier alpha value is -2.60. The summed E-state index contributed by atoms with van der Waals surface area (Å²) in [5, 5.41) is 14.0. The number of halogens is 1. The lowest BCUT2D eigenvalue weighted by Crippen LogP contribution is -2.36. The third-order valence-corrected chi connectivity index (χ3v) is 4.45. The smallest absolute Gasteiger partial charge is 0.294 e. The van der Waals surface area contributed by atoms with Crippen molar-refractivity contribution in [3.63, 3.8) is 0 Å². The molecule has 25 heavy (non-hydrogen) atoms. The third-order valence-electron chi connectivity index (χ3n) is 4.21. The van der Waals surface area contributed by atoms with Gasteiger partial charge < -0.3 is 10.2 Å². The van der Waals surface area contributed by atoms with E-state index in [1.807, 2.05) is 24.0 Å². The highest BCUT2D eigenvalue weighted by Crippen LogP contribution is 2.29. The summed E-state index contributed by atoms with van der Waals surface area (Å²) in [6, 6.07) is 10.4. The van der Waals surface area contributed by atoms with E-state index < -0.39 is 4.92 Å². The molecule has 1 amide bonds. The minimum Gasteiger partial charge on any atom is -0.362 e. The number of carbonyl (C=O) groups excluding carboxylic acids is 1. The van der Waals surface area contributed by atoms with E-state index in [1.54, 1.807) is 0 Å². The van der Waals surface area contributed by atoms with Gasteiger partial charge in [0.1, 0.15) is 5.69 Å². The topological polar surface area (TPSA) is 75.5 Å². The highest BCUT2D eigenvalue weighted by atomic mass is 35.5. The van der Waals surface area contributed by atoms with Crippen LogP contribution in [0.1, 0.15) is 17.5 Å². The molecule has 0 aromatic heterocycles. The molecule has 1 aliphatic heterocycles. The maximum atomic E-state index is 12.4. The standard InChI is InChI=1S/C18H18ClN3O3/c1-12-4-7-16-13(9-12)3-2-8-21(16)11-18(23)20-15-6-5-14(19)10-17(15)22(24)25/h4-7,9-10H,2-3,8,11H2,1H3,(H,20,23). The average molecular weight is 360 g/mol. The van der Waals surface area contributed by atoms with Crippen LogP contribution in [0.5, 0.6) is 0 Å². The summed E-state index contributed by atoms with van der Waals surface area (Å²) in [7, 11) is 0. The molecule has 1 aliphatic rings. The molecule has 3 rings (SSSR count). The third kappa shape index (κ3) is 3.91. The van der Waals surface area contributed by atoms with Crippen LogP contribution < -0.4 is 10.2 Å². The molecule has 130 valence electrons. The summed E-state index contributed by atoms with van der Waals surface area (Å²) in [4.78, 5) is 25.0. The van der Waals surface area contributed by atoms with E-state index in [4.69, 9.17) is 11.6 Å². The molecule has 0 fully saturated rings. The van der Waals surface area contributed by atoms with Gasteiger partial charge in [-0.15, -0.1) is 0 Å². The van der Waals surface area contributed by atoms with E-state index in [2.05, 4.69) is 11.4 Å². The molecule has 2 aromatic rings. The van der Waals surface area contributed by atoms with Gasteiger partial charge in [0.05, 0.1) is 11.5 Å². The maximum Gasteiger partial charge on any atom is 0.294 e. The predicted octanol–water partition coefficient (Wildman–Crippen LogP) is 3.95. The second kappa shape index (κ2) is 7.11. The second-order valence-electron chi connectivity index (χ2n) is 6.12. The number of nitrogens with zero attached hydrogens (tertiary/aromatic N) is 2. The van der Waals surface area contributed by atoms with Crippen LogP contribution >= 0.6 is 11.6 Å². The van der Waals surface area contributed by atoms with Crippen LogP contribution in [0.25, 0.3) is 0 Å². The first-order chi connectivity index (χ1) is 11.9. The number of aryl methyl sites for hydroxylation is 2. The van der Waals surface area contributed by atoms with Crippen molar-refractivity contribution in [3.8, 4) is 0 Å². The van der Waals surface area contributed by atoms with E-state index in [0.717, 1.165) is 25.1 Å². The monoisotopic (exact) mass is 359 g/mol. The molecule has 0 saturated carbocycles. The molecular formula is C18H18ClN3O3. The first kappa shape index (κ1) is 17.2. The van der Waals surface area contributed by atoms with Gasteiger partial charge in [-0.2, -0.15) is 0 Å². The average Bonchev–Trinajstić information content (AvgIpc) is 2.56. The summed E-state index contributed by atoms with van der Waals surface area (Å²) in [5.41, 5.74) is 3.42. The Morgan fingerprint density at radius 1 is 1.32 bits per heavy atom. The van der Waals surface area contributed by atoms with Crippen LogP contribution in [-0.4, -0.2) is 23.9 Å². The Morgan fingerprint density at radius 3 is 2.88 bits per heavy atom. The van der Waals surface area contributed by atoms with Gasteiger partial charge in [0, 0.05) is 23.3 Å². The fraction of sp³-hybridized carbons (Fsp3) is 0.278. The number of fused-ring (bicyclic) bond motifs is 1. The lowest BCUT2D eigenvalue weighted by molar-refractivity contribution is -0.383. The van der Waals surface area contributed by atoms with Gasteiger partial charge in [-0.25, -0.2) is 0 Å². The van der Waals surface area contributed by atoms with Crippen molar-refractivity contribution in [2.24, 2.45) is 0 Å². The Labute approximate surface area is 150 Å². The van der Waals surface area contributed by atoms with Crippen LogP contribution in [0.15, 0.2) is 36.4 Å². The van der Waals surface area contributed by atoms with Gasteiger partial charge in [-0.1, -0.05) is 29.3 Å². The number of hydrogen-bond donors (Lipinski definition) is 1. The highest BCUT2D eigenvalue weighted by Gasteiger charge is 2.21. The normalized spacial score (nSPS) is 13.3. The lowest BCUT2D eigenvalue weighted by atomic mass is 9.99. The maximum absolute atomic E-state index is 12.4. The number of amides is 1. The van der Waals surface area contributed by atoms with E-state index in [9.17, 15) is 14.9 Å². The van der Waals surface area contributed by atoms with Crippen LogP contribution in [-0.2, 0) is 11.2 Å². The molecule has 0 spiro atoms. The minimum atomic E-state index is -0.555. The van der Waals surface area contributed by atoms with Crippen molar-refractivity contribution < 1.29 is 9.72 Å². The van der Waals surface area contributed by atoms with Crippen molar-refractivity contribution in [3.05, 3.63) is 62.7 Å². The Kier molecular flexibility index (Phi) is 4.90. The van der Waals surface area contributed by atoms with Gasteiger partial charge in [0.15, 0.2) is 0 Å². The zero-order valence-electron chi connectivity index (χ0n) is 13.8. The van der Waals surface area contributed by atoms with Gasteiger partial charge in [-0.3, -0.25) is 14.9 Å². The minimum absolute atomic E-state index is 0.149. The largest absolute Gasteiger partial charge is 0.362 e. The van der Waals surface area contributed by atoms with Crippen molar-refractivity contribution in [2.75, 3.05) is 23.3 Å². The van der Waals surface area contributed by atoms with Crippen LogP contribution in [0.2, 0.25) is 5.02 Å². The summed E-state index contributed by atoms with van der Waals surface area (Å²) in [6.45, 7) is 2.98. The summed E-state index contributed by atoms with van der Waals surface area (Å²) < 4.78 is 0. The zero-order chi connectivity index (χ0) is 18.0. The molecule has 1 heterocycles. The van der Waals surface area contributed by atoms with E-state index in [0.29, 0.717) is 0 Å². The number of nitro groups is 1. The quantitative estimate of drug-likeness (QED) is 0.662. The van der Waals surface area contributed by atoms with E-state index >= 15 is 0 Å². The number of rotatable bonds is 4. The molecule has 2 aromatic carbocycles. The van der Waals surface area contributed by atoms with Crippen LogP contribution in [0.4, 0.5) is 17.1 Å². The lowest BCUT2D eigenvalue weighted by Gasteiger charge is -2.31. The van der Waals surface area contributed by atoms with Gasteiger partial charge >= 0.3 is 0 Å². The van der Waals surface area contributed by atoms with Crippen molar-refractivity contribution in [1.82, 2.24) is 0 Å². The Bertz CT molecular complexity index is 838. The van der Waals surface area contributed by atoms with Gasteiger partial charge in [-0.05, 0) is 43.5 Å². The molecule has 0 saturated heterocycles. The molecule has 0 bridgehead atoms. The number of carbonyl (C=O) groups is 1. The highest BCUT2D eigenvalue weighted by molar-refractivity contribution is 6.31. The summed E-state index contributed by atoms with van der Waals surface area (Å²) >= 11 is 5.80. The Morgan fingerprint density at radius 2 is 2.12 bits per heavy atom. The molecule has 0 radical (unpaired) electrons. The molecule has 0 unspecified atom stereocenters. The number of nitrogens with one attached hydrogen (secondary N) is 1. The van der Waals surface area contributed by atoms with Crippen LogP contribution in [0, 0.1) is 17.0 Å².